The zero-order valence-electron chi connectivity index (χ0n) is 17.3. The van der Waals surface area contributed by atoms with Gasteiger partial charge in [-0.2, -0.15) is 5.10 Å². The van der Waals surface area contributed by atoms with Gasteiger partial charge in [-0.05, 0) is 61.6 Å². The molecular weight excluding hydrogens is 381 g/mol. The van der Waals surface area contributed by atoms with Crippen LogP contribution in [0.15, 0.2) is 48.8 Å². The molecule has 3 heterocycles. The van der Waals surface area contributed by atoms with E-state index in [-0.39, 0.29) is 11.7 Å². The molecule has 1 amide bonds. The molecule has 0 aliphatic carbocycles. The predicted molar refractivity (Wildman–Crippen MR) is 114 cm³/mol. The molecule has 4 rings (SSSR count). The Morgan fingerprint density at radius 3 is 2.53 bits per heavy atom. The van der Waals surface area contributed by atoms with Gasteiger partial charge in [0.1, 0.15) is 11.6 Å². The first-order chi connectivity index (χ1) is 14.5. The lowest BCUT2D eigenvalue weighted by Gasteiger charge is -2.31. The van der Waals surface area contributed by atoms with Crippen molar-refractivity contribution >= 4 is 11.7 Å². The van der Waals surface area contributed by atoms with Crippen LogP contribution in [-0.4, -0.2) is 33.8 Å². The van der Waals surface area contributed by atoms with Crippen molar-refractivity contribution in [2.24, 2.45) is 5.92 Å². The SMILES string of the molecule is Cc1c(C(=O)NCc2ccc(N3CCC(C)CC3)nc2)cnn1-c1ccc(F)cc1. The molecule has 30 heavy (non-hydrogen) atoms. The van der Waals surface area contributed by atoms with Gasteiger partial charge >= 0.3 is 0 Å². The molecule has 1 aromatic carbocycles. The third kappa shape index (κ3) is 4.35. The van der Waals surface area contributed by atoms with Crippen LogP contribution in [0.1, 0.15) is 41.4 Å². The van der Waals surface area contributed by atoms with Gasteiger partial charge in [-0.1, -0.05) is 13.0 Å². The number of halogens is 1. The molecule has 0 unspecified atom stereocenters. The van der Waals surface area contributed by atoms with Crippen molar-refractivity contribution in [3.05, 3.63) is 71.4 Å². The van der Waals surface area contributed by atoms with E-state index in [9.17, 15) is 9.18 Å². The fourth-order valence-corrected chi connectivity index (χ4v) is 3.70. The molecule has 7 heteroatoms. The number of benzene rings is 1. The van der Waals surface area contributed by atoms with Gasteiger partial charge in [0.15, 0.2) is 0 Å². The lowest BCUT2D eigenvalue weighted by molar-refractivity contribution is 0.0950. The average Bonchev–Trinajstić information content (AvgIpc) is 3.15. The highest BCUT2D eigenvalue weighted by atomic mass is 19.1. The number of carbonyl (C=O) groups excluding carboxylic acids is 1. The van der Waals surface area contributed by atoms with Crippen molar-refractivity contribution in [3.63, 3.8) is 0 Å². The van der Waals surface area contributed by atoms with Crippen LogP contribution < -0.4 is 10.2 Å². The zero-order chi connectivity index (χ0) is 21.1. The molecule has 1 aliphatic heterocycles. The van der Waals surface area contributed by atoms with E-state index in [1.807, 2.05) is 25.3 Å². The van der Waals surface area contributed by atoms with E-state index in [0.29, 0.717) is 23.5 Å². The normalized spacial score (nSPS) is 14.7. The van der Waals surface area contributed by atoms with E-state index in [0.717, 1.165) is 30.4 Å². The molecule has 1 N–H and O–H groups in total. The third-order valence-electron chi connectivity index (χ3n) is 5.70. The van der Waals surface area contributed by atoms with Crippen LogP contribution >= 0.6 is 0 Å². The number of carbonyl (C=O) groups is 1. The molecule has 6 nitrogen and oxygen atoms in total. The summed E-state index contributed by atoms with van der Waals surface area (Å²) in [5.74, 6) is 1.27. The summed E-state index contributed by atoms with van der Waals surface area (Å²) in [7, 11) is 0. The summed E-state index contributed by atoms with van der Waals surface area (Å²) in [6.45, 7) is 6.59. The zero-order valence-corrected chi connectivity index (χ0v) is 17.3. The van der Waals surface area contributed by atoms with Gasteiger partial charge in [-0.15, -0.1) is 0 Å². The Balaban J connectivity index is 1.37. The van der Waals surface area contributed by atoms with Crippen LogP contribution in [0.2, 0.25) is 0 Å². The quantitative estimate of drug-likeness (QED) is 0.697. The highest BCUT2D eigenvalue weighted by Crippen LogP contribution is 2.21. The topological polar surface area (TPSA) is 63.1 Å². The molecule has 1 saturated heterocycles. The Morgan fingerprint density at radius 2 is 1.87 bits per heavy atom. The summed E-state index contributed by atoms with van der Waals surface area (Å²) in [6.07, 6.45) is 5.75. The minimum absolute atomic E-state index is 0.199. The summed E-state index contributed by atoms with van der Waals surface area (Å²) in [4.78, 5) is 19.5. The molecule has 1 aliphatic rings. The lowest BCUT2D eigenvalue weighted by atomic mass is 9.99. The number of pyridine rings is 1. The summed E-state index contributed by atoms with van der Waals surface area (Å²) in [6, 6.07) is 10.0. The van der Waals surface area contributed by atoms with Gasteiger partial charge in [0.05, 0.1) is 23.1 Å². The Hall–Kier alpha value is -3.22. The van der Waals surface area contributed by atoms with Crippen LogP contribution in [-0.2, 0) is 6.54 Å². The largest absolute Gasteiger partial charge is 0.357 e. The summed E-state index contributed by atoms with van der Waals surface area (Å²) >= 11 is 0. The predicted octanol–water partition coefficient (Wildman–Crippen LogP) is 3.88. The van der Waals surface area contributed by atoms with E-state index in [2.05, 4.69) is 27.2 Å². The first-order valence-corrected chi connectivity index (χ1v) is 10.3. The second-order valence-corrected chi connectivity index (χ2v) is 7.91. The van der Waals surface area contributed by atoms with Crippen LogP contribution in [0.5, 0.6) is 0 Å². The van der Waals surface area contributed by atoms with Crippen LogP contribution in [0.3, 0.4) is 0 Å². The van der Waals surface area contributed by atoms with Gasteiger partial charge < -0.3 is 10.2 Å². The molecule has 0 bridgehead atoms. The van der Waals surface area contributed by atoms with Crippen molar-refractivity contribution in [2.45, 2.75) is 33.2 Å². The maximum atomic E-state index is 13.1. The molecule has 0 spiro atoms. The van der Waals surface area contributed by atoms with Gasteiger partial charge in [0, 0.05) is 25.8 Å². The van der Waals surface area contributed by atoms with Crippen molar-refractivity contribution in [3.8, 4) is 5.69 Å². The minimum Gasteiger partial charge on any atom is -0.357 e. The van der Waals surface area contributed by atoms with Crippen molar-refractivity contribution in [1.82, 2.24) is 20.1 Å². The van der Waals surface area contributed by atoms with Crippen molar-refractivity contribution < 1.29 is 9.18 Å². The Morgan fingerprint density at radius 1 is 1.13 bits per heavy atom. The van der Waals surface area contributed by atoms with Gasteiger partial charge in [0.2, 0.25) is 0 Å². The standard InChI is InChI=1S/C23H26FN5O/c1-16-9-11-28(12-10-16)22-8-3-18(13-25-22)14-26-23(30)21-15-27-29(17(21)2)20-6-4-19(24)5-7-20/h3-8,13,15-16H,9-12,14H2,1-2H3,(H,26,30). The summed E-state index contributed by atoms with van der Waals surface area (Å²) in [5.41, 5.74) is 2.85. The average molecular weight is 407 g/mol. The number of nitrogens with one attached hydrogen (secondary N) is 1. The minimum atomic E-state index is -0.309. The molecule has 0 saturated carbocycles. The summed E-state index contributed by atoms with van der Waals surface area (Å²) < 4.78 is 14.8. The molecule has 3 aromatic rings. The van der Waals surface area contributed by atoms with E-state index >= 15 is 0 Å². The highest BCUT2D eigenvalue weighted by molar-refractivity contribution is 5.95. The second kappa shape index (κ2) is 8.65. The molecular formula is C23H26FN5O. The number of amides is 1. The maximum Gasteiger partial charge on any atom is 0.255 e. The first-order valence-electron chi connectivity index (χ1n) is 10.3. The summed E-state index contributed by atoms with van der Waals surface area (Å²) in [5, 5.41) is 7.20. The number of piperidine rings is 1. The number of hydrogen-bond donors (Lipinski definition) is 1. The third-order valence-corrected chi connectivity index (χ3v) is 5.70. The first kappa shape index (κ1) is 20.1. The van der Waals surface area contributed by atoms with E-state index in [4.69, 9.17) is 0 Å². The lowest BCUT2D eigenvalue weighted by Crippen LogP contribution is -2.33. The molecule has 156 valence electrons. The van der Waals surface area contributed by atoms with Crippen LogP contribution in [0, 0.1) is 18.7 Å². The monoisotopic (exact) mass is 407 g/mol. The van der Waals surface area contributed by atoms with Crippen LogP contribution in [0.25, 0.3) is 5.69 Å². The number of rotatable bonds is 5. The molecule has 0 radical (unpaired) electrons. The Kier molecular flexibility index (Phi) is 5.79. The Bertz CT molecular complexity index is 1010. The molecule has 0 atom stereocenters. The van der Waals surface area contributed by atoms with E-state index in [1.165, 1.54) is 31.2 Å². The van der Waals surface area contributed by atoms with Gasteiger partial charge in [-0.3, -0.25) is 4.79 Å². The van der Waals surface area contributed by atoms with Crippen LogP contribution in [0.4, 0.5) is 10.2 Å². The highest BCUT2D eigenvalue weighted by Gasteiger charge is 2.17. The fourth-order valence-electron chi connectivity index (χ4n) is 3.70. The Labute approximate surface area is 175 Å². The van der Waals surface area contributed by atoms with Gasteiger partial charge in [0.25, 0.3) is 5.91 Å². The van der Waals surface area contributed by atoms with Crippen molar-refractivity contribution in [2.75, 3.05) is 18.0 Å². The molecule has 2 aromatic heterocycles. The number of aromatic nitrogens is 3. The maximum absolute atomic E-state index is 13.1. The number of anilines is 1. The molecule has 1 fully saturated rings. The second-order valence-electron chi connectivity index (χ2n) is 7.91. The van der Waals surface area contributed by atoms with Crippen molar-refractivity contribution in [1.29, 1.82) is 0 Å². The van der Waals surface area contributed by atoms with Gasteiger partial charge in [-0.25, -0.2) is 14.1 Å². The smallest absolute Gasteiger partial charge is 0.255 e. The number of nitrogens with zero attached hydrogens (tertiary/aromatic N) is 4. The van der Waals surface area contributed by atoms with E-state index in [1.54, 1.807) is 16.8 Å². The number of hydrogen-bond acceptors (Lipinski definition) is 4. The van der Waals surface area contributed by atoms with E-state index < -0.39 is 0 Å². The fraction of sp³-hybridized carbons (Fsp3) is 0.348.